The normalized spacial score (nSPS) is 46.1. The molecule has 7 fully saturated rings. The molecule has 10 atom stereocenters. The van der Waals surface area contributed by atoms with Crippen LogP contribution in [0.3, 0.4) is 0 Å². The number of rotatable bonds is 2. The molecule has 10 unspecified atom stereocenters. The predicted molar refractivity (Wildman–Crippen MR) is 186 cm³/mol. The molecule has 38 heavy (non-hydrogen) atoms. The Morgan fingerprint density at radius 2 is 0.816 bits per heavy atom. The summed E-state index contributed by atoms with van der Waals surface area (Å²) in [6.45, 7) is 6.02. The Kier molecular flexibility index (Phi) is 14.9. The third-order valence-corrected chi connectivity index (χ3v) is 18.7. The summed E-state index contributed by atoms with van der Waals surface area (Å²) >= 11 is 3.41. The molecule has 0 spiro atoms. The summed E-state index contributed by atoms with van der Waals surface area (Å²) in [7, 11) is 8.57. The van der Waals surface area contributed by atoms with Crippen LogP contribution in [0.1, 0.15) is 103 Å². The van der Waals surface area contributed by atoms with Gasteiger partial charge in [0.25, 0.3) is 0 Å². The first-order chi connectivity index (χ1) is 17.6. The second-order valence-corrected chi connectivity index (χ2v) is 23.3. The van der Waals surface area contributed by atoms with Gasteiger partial charge in [-0.3, -0.25) is 0 Å². The first kappa shape index (κ1) is 35.6. The molecule has 7 aliphatic rings. The summed E-state index contributed by atoms with van der Waals surface area (Å²) in [5.41, 5.74) is 2.44. The molecule has 0 N–H and O–H groups in total. The molecule has 220 valence electrons. The van der Waals surface area contributed by atoms with Crippen LogP contribution in [0.2, 0.25) is 24.2 Å². The number of hydrogen-bond donors (Lipinski definition) is 0. The molecule has 0 radical (unpaired) electrons. The molecular formula is C32H56Cl2I2SiZr. The van der Waals surface area contributed by atoms with Crippen molar-refractivity contribution in [2.45, 2.75) is 127 Å². The van der Waals surface area contributed by atoms with Gasteiger partial charge in [0.1, 0.15) is 0 Å². The summed E-state index contributed by atoms with van der Waals surface area (Å²) in [5.74, 6) is 11.7. The fourth-order valence-electron chi connectivity index (χ4n) is 13.2. The van der Waals surface area contributed by atoms with Crippen LogP contribution in [0.25, 0.3) is 0 Å². The van der Waals surface area contributed by atoms with Crippen molar-refractivity contribution >= 4 is 62.3 Å². The molecule has 6 heteroatoms. The van der Waals surface area contributed by atoms with E-state index in [-0.39, 0.29) is 14.9 Å². The van der Waals surface area contributed by atoms with Crippen molar-refractivity contribution < 1.29 is 20.8 Å². The molecule has 0 saturated heterocycles. The Morgan fingerprint density at radius 1 is 0.500 bits per heavy atom. The van der Waals surface area contributed by atoms with Gasteiger partial charge < -0.3 is 14.9 Å². The molecular weight excluding hydrogens is 828 g/mol. The number of halogens is 4. The van der Waals surface area contributed by atoms with E-state index >= 15 is 0 Å². The summed E-state index contributed by atoms with van der Waals surface area (Å²) in [6, 6.07) is 0. The van der Waals surface area contributed by atoms with Gasteiger partial charge in [0.15, 0.2) is 0 Å². The van der Waals surface area contributed by atoms with Gasteiger partial charge in [0.05, 0.1) is 8.07 Å². The van der Waals surface area contributed by atoms with Gasteiger partial charge in [-0.25, -0.2) is 0 Å². The Hall–Kier alpha value is 3.14. The van der Waals surface area contributed by atoms with Gasteiger partial charge in [-0.2, -0.15) is 0 Å². The SMILES string of the molecule is C[Si](C)(C1C2CCCCC2C2CCCCC21)C1C2CCCC3CCC4CCCC1C4C32.II.[CH3-].[CH3-].[Cl][Zr+2][Cl]. The molecule has 7 rings (SSSR count). The van der Waals surface area contributed by atoms with Crippen molar-refractivity contribution in [1.82, 2.24) is 0 Å². The van der Waals surface area contributed by atoms with Crippen molar-refractivity contribution in [3.63, 3.8) is 0 Å². The van der Waals surface area contributed by atoms with Crippen LogP contribution >= 0.6 is 54.3 Å². The minimum atomic E-state index is -1.30. The molecule has 0 aliphatic heterocycles. The standard InChI is InChI=1S/C30H50Si.2CH3.2ClH.I2.Zr/c1-31(2,29-23-13-5-3-11-21(23)22-12-4-6-14-24(22)29)30-25-15-7-9-19-17-18-20-10-8-16-26(30)28(20)27(19)25;;;;;1-2;/h19-30H,3-18H2,1-2H3;2*1H3;2*1H;;/q;2*-1;;;;+4/p-2. The fourth-order valence-corrected chi connectivity index (χ4v) is 19.7. The van der Waals surface area contributed by atoms with E-state index in [9.17, 15) is 0 Å². The average Bonchev–Trinajstić information content (AvgIpc) is 3.44. The van der Waals surface area contributed by atoms with Crippen molar-refractivity contribution in [3.8, 4) is 0 Å². The fraction of sp³-hybridized carbons (Fsp3) is 0.938. The van der Waals surface area contributed by atoms with E-state index in [4.69, 9.17) is 17.0 Å². The van der Waals surface area contributed by atoms with Crippen molar-refractivity contribution in [2.75, 3.05) is 0 Å². The van der Waals surface area contributed by atoms with Crippen LogP contribution in [-0.4, -0.2) is 8.07 Å². The summed E-state index contributed by atoms with van der Waals surface area (Å²) in [4.78, 5) is 0. The zero-order chi connectivity index (χ0) is 25.4. The second kappa shape index (κ2) is 15.9. The van der Waals surface area contributed by atoms with Crippen LogP contribution in [0, 0.1) is 74.0 Å². The molecule has 0 aromatic rings. The van der Waals surface area contributed by atoms with Crippen molar-refractivity contribution in [1.29, 1.82) is 0 Å². The molecule has 0 aromatic heterocycles. The van der Waals surface area contributed by atoms with Gasteiger partial charge in [0.2, 0.25) is 0 Å². The molecule has 0 amide bonds. The monoisotopic (exact) mass is 882 g/mol. The first-order valence-electron chi connectivity index (χ1n) is 15.7. The summed E-state index contributed by atoms with van der Waals surface area (Å²) < 4.78 is 0. The zero-order valence-electron chi connectivity index (χ0n) is 24.8. The van der Waals surface area contributed by atoms with Crippen LogP contribution in [0.15, 0.2) is 0 Å². The van der Waals surface area contributed by atoms with E-state index in [1.165, 1.54) is 46.6 Å². The molecule has 0 heterocycles. The zero-order valence-corrected chi connectivity index (χ0v) is 34.0. The van der Waals surface area contributed by atoms with Crippen LogP contribution in [0.4, 0.5) is 0 Å². The predicted octanol–water partition coefficient (Wildman–Crippen LogP) is 13.0. The molecule has 0 nitrogen and oxygen atoms in total. The van der Waals surface area contributed by atoms with E-state index in [0.29, 0.717) is 0 Å². The first-order valence-corrected chi connectivity index (χ1v) is 31.5. The van der Waals surface area contributed by atoms with E-state index in [0.717, 1.165) is 23.7 Å². The molecule has 0 aromatic carbocycles. The van der Waals surface area contributed by atoms with Crippen LogP contribution in [-0.2, 0) is 20.8 Å². The van der Waals surface area contributed by atoms with Gasteiger partial charge >= 0.3 is 37.9 Å². The molecule has 7 saturated carbocycles. The van der Waals surface area contributed by atoms with E-state index in [1.54, 1.807) is 103 Å². The van der Waals surface area contributed by atoms with Gasteiger partial charge in [-0.05, 0) is 95.9 Å². The Morgan fingerprint density at radius 3 is 1.21 bits per heavy atom. The van der Waals surface area contributed by atoms with Crippen molar-refractivity contribution in [3.05, 3.63) is 14.9 Å². The Bertz CT molecular complexity index is 676. The quantitative estimate of drug-likeness (QED) is 0.147. The Labute approximate surface area is 280 Å². The van der Waals surface area contributed by atoms with Crippen molar-refractivity contribution in [2.24, 2.45) is 59.2 Å². The average molecular weight is 885 g/mol. The molecule has 0 bridgehead atoms. The van der Waals surface area contributed by atoms with Gasteiger partial charge in [0, 0.05) is 37.2 Å². The molecule has 7 aliphatic carbocycles. The minimum absolute atomic E-state index is 0. The third kappa shape index (κ3) is 6.42. The van der Waals surface area contributed by atoms with E-state index < -0.39 is 28.9 Å². The second-order valence-electron chi connectivity index (χ2n) is 14.6. The third-order valence-electron chi connectivity index (χ3n) is 13.5. The van der Waals surface area contributed by atoms with Crippen LogP contribution in [0.5, 0.6) is 0 Å². The summed E-state index contributed by atoms with van der Waals surface area (Å²) in [6.07, 6.45) is 25.8. The topological polar surface area (TPSA) is 0 Å². The van der Waals surface area contributed by atoms with Crippen LogP contribution < -0.4 is 0 Å². The van der Waals surface area contributed by atoms with Gasteiger partial charge in [-0.1, -0.05) is 90.1 Å². The maximum absolute atomic E-state index is 4.93. The number of fused-ring (bicyclic) bond motifs is 3. The Balaban J connectivity index is 0.000000537. The van der Waals surface area contributed by atoms with E-state index in [1.807, 2.05) is 0 Å². The van der Waals surface area contributed by atoms with Gasteiger partial charge in [-0.15, -0.1) is 0 Å². The van der Waals surface area contributed by atoms with E-state index in [2.05, 4.69) is 50.3 Å². The maximum atomic E-state index is 4.93. The summed E-state index contributed by atoms with van der Waals surface area (Å²) in [5, 5.41) is 0. The number of hydrogen-bond acceptors (Lipinski definition) is 0.